The van der Waals surface area contributed by atoms with Crippen molar-refractivity contribution in [3.05, 3.63) is 33.8 Å². The van der Waals surface area contributed by atoms with Crippen molar-refractivity contribution >= 4 is 34.8 Å². The van der Waals surface area contributed by atoms with Crippen molar-refractivity contribution in [1.82, 2.24) is 0 Å². The average Bonchev–Trinajstić information content (AvgIpc) is 2.42. The molecule has 118 valence electrons. The summed E-state index contributed by atoms with van der Waals surface area (Å²) in [6.07, 6.45) is -1.93. The molecule has 0 heterocycles. The minimum atomic E-state index is -4.11. The van der Waals surface area contributed by atoms with Gasteiger partial charge in [0.25, 0.3) is 0 Å². The maximum atomic E-state index is 12.8. The highest BCUT2D eigenvalue weighted by Gasteiger charge is 2.43. The van der Waals surface area contributed by atoms with E-state index in [-0.39, 0.29) is 24.1 Å². The van der Waals surface area contributed by atoms with E-state index in [2.05, 4.69) is 0 Å². The van der Waals surface area contributed by atoms with Crippen LogP contribution in [0.5, 0.6) is 0 Å². The fourth-order valence-electron chi connectivity index (χ4n) is 2.91. The molecule has 0 spiro atoms. The Kier molecular flexibility index (Phi) is 5.72. The minimum absolute atomic E-state index is 0.110. The van der Waals surface area contributed by atoms with E-state index in [4.69, 9.17) is 34.8 Å². The zero-order valence-electron chi connectivity index (χ0n) is 11.3. The summed E-state index contributed by atoms with van der Waals surface area (Å²) in [6.45, 7) is 0. The molecule has 0 saturated heterocycles. The van der Waals surface area contributed by atoms with Crippen molar-refractivity contribution in [3.63, 3.8) is 0 Å². The van der Waals surface area contributed by atoms with Crippen LogP contribution in [-0.2, 0) is 6.42 Å². The lowest BCUT2D eigenvalue weighted by Crippen LogP contribution is -2.32. The zero-order chi connectivity index (χ0) is 15.6. The fourth-order valence-corrected chi connectivity index (χ4v) is 3.64. The number of hydrogen-bond donors (Lipinski definition) is 0. The van der Waals surface area contributed by atoms with E-state index >= 15 is 0 Å². The summed E-state index contributed by atoms with van der Waals surface area (Å²) in [7, 11) is 0. The van der Waals surface area contributed by atoms with E-state index in [9.17, 15) is 13.2 Å². The Morgan fingerprint density at radius 1 is 1.14 bits per heavy atom. The van der Waals surface area contributed by atoms with Gasteiger partial charge in [0, 0.05) is 5.38 Å². The van der Waals surface area contributed by atoms with Gasteiger partial charge in [-0.2, -0.15) is 13.2 Å². The molecule has 3 unspecified atom stereocenters. The summed E-state index contributed by atoms with van der Waals surface area (Å²) in [5.74, 6) is -1.33. The molecule has 0 bridgehead atoms. The third kappa shape index (κ3) is 4.67. The lowest BCUT2D eigenvalue weighted by Gasteiger charge is -2.33. The van der Waals surface area contributed by atoms with Crippen LogP contribution in [0.25, 0.3) is 0 Å². The van der Waals surface area contributed by atoms with Crippen LogP contribution in [-0.4, -0.2) is 11.6 Å². The summed E-state index contributed by atoms with van der Waals surface area (Å²) >= 11 is 18.1. The Labute approximate surface area is 137 Å². The quantitative estimate of drug-likeness (QED) is 0.539. The number of hydrogen-bond acceptors (Lipinski definition) is 0. The minimum Gasteiger partial charge on any atom is -0.171 e. The molecule has 2 rings (SSSR count). The molecule has 0 N–H and O–H groups in total. The highest BCUT2D eigenvalue weighted by atomic mass is 35.5. The van der Waals surface area contributed by atoms with Gasteiger partial charge in [0.05, 0.1) is 16.0 Å². The van der Waals surface area contributed by atoms with E-state index < -0.39 is 12.1 Å². The summed E-state index contributed by atoms with van der Waals surface area (Å²) in [5.41, 5.74) is 0.901. The second-order valence-electron chi connectivity index (χ2n) is 5.63. The Bertz CT molecular complexity index is 488. The molecule has 21 heavy (non-hydrogen) atoms. The van der Waals surface area contributed by atoms with Gasteiger partial charge in [0.15, 0.2) is 0 Å². The third-order valence-corrected chi connectivity index (χ3v) is 5.35. The van der Waals surface area contributed by atoms with Gasteiger partial charge in [-0.15, -0.1) is 11.6 Å². The van der Waals surface area contributed by atoms with Crippen molar-refractivity contribution < 1.29 is 13.2 Å². The average molecular weight is 360 g/mol. The van der Waals surface area contributed by atoms with Crippen molar-refractivity contribution in [3.8, 4) is 0 Å². The van der Waals surface area contributed by atoms with Gasteiger partial charge in [-0.25, -0.2) is 0 Å². The monoisotopic (exact) mass is 358 g/mol. The number of alkyl halides is 4. The molecule has 1 fully saturated rings. The van der Waals surface area contributed by atoms with Crippen LogP contribution in [0.3, 0.4) is 0 Å². The molecule has 0 amide bonds. The molecule has 1 aromatic rings. The standard InChI is InChI=1S/C15H16Cl3F3/c16-12-5-4-9(7-14(12)18)6-13(17)10-2-1-3-11(8-10)15(19,20)21/h4-5,7,10-11,13H,1-3,6,8H2. The van der Waals surface area contributed by atoms with E-state index in [1.165, 1.54) is 0 Å². The van der Waals surface area contributed by atoms with Crippen molar-refractivity contribution in [2.45, 2.75) is 43.7 Å². The Hall–Kier alpha value is -0.120. The van der Waals surface area contributed by atoms with E-state index in [0.717, 1.165) is 12.0 Å². The van der Waals surface area contributed by atoms with Crippen molar-refractivity contribution in [1.29, 1.82) is 0 Å². The molecule has 6 heteroatoms. The highest BCUT2D eigenvalue weighted by molar-refractivity contribution is 6.42. The first-order chi connectivity index (χ1) is 9.77. The number of halogens is 6. The molecular weight excluding hydrogens is 344 g/mol. The molecule has 1 aromatic carbocycles. The lowest BCUT2D eigenvalue weighted by molar-refractivity contribution is -0.185. The van der Waals surface area contributed by atoms with E-state index in [0.29, 0.717) is 22.9 Å². The van der Waals surface area contributed by atoms with Gasteiger partial charge >= 0.3 is 6.18 Å². The summed E-state index contributed by atoms with van der Waals surface area (Å²) in [6, 6.07) is 5.22. The van der Waals surface area contributed by atoms with Crippen LogP contribution in [0.4, 0.5) is 13.2 Å². The molecule has 0 aliphatic heterocycles. The topological polar surface area (TPSA) is 0 Å². The molecule has 0 nitrogen and oxygen atoms in total. The predicted octanol–water partition coefficient (Wildman–Crippen LogP) is 6.51. The van der Waals surface area contributed by atoms with Crippen LogP contribution in [0.2, 0.25) is 10.0 Å². The Morgan fingerprint density at radius 2 is 1.86 bits per heavy atom. The van der Waals surface area contributed by atoms with E-state index in [1.807, 2.05) is 6.07 Å². The zero-order valence-corrected chi connectivity index (χ0v) is 13.5. The first-order valence-corrected chi connectivity index (χ1v) is 8.11. The summed E-state index contributed by atoms with van der Waals surface area (Å²) in [5, 5.41) is 0.587. The third-order valence-electron chi connectivity index (χ3n) is 4.10. The van der Waals surface area contributed by atoms with Gasteiger partial charge in [-0.1, -0.05) is 35.7 Å². The smallest absolute Gasteiger partial charge is 0.171 e. The van der Waals surface area contributed by atoms with Gasteiger partial charge in [-0.05, 0) is 49.3 Å². The molecule has 0 aromatic heterocycles. The number of rotatable bonds is 3. The summed E-state index contributed by atoms with van der Waals surface area (Å²) < 4.78 is 38.5. The molecule has 1 aliphatic rings. The molecular formula is C15H16Cl3F3. The van der Waals surface area contributed by atoms with Crippen LogP contribution in [0, 0.1) is 11.8 Å². The van der Waals surface area contributed by atoms with Gasteiger partial charge in [0.1, 0.15) is 0 Å². The molecule has 0 radical (unpaired) electrons. The predicted molar refractivity (Wildman–Crippen MR) is 81.3 cm³/mol. The second kappa shape index (κ2) is 6.97. The van der Waals surface area contributed by atoms with Crippen LogP contribution >= 0.6 is 34.8 Å². The fraction of sp³-hybridized carbons (Fsp3) is 0.600. The molecule has 1 saturated carbocycles. The highest BCUT2D eigenvalue weighted by Crippen LogP contribution is 2.42. The SMILES string of the molecule is FC(F)(F)C1CCCC(C(Cl)Cc2ccc(Cl)c(Cl)c2)C1. The van der Waals surface area contributed by atoms with Crippen LogP contribution < -0.4 is 0 Å². The van der Waals surface area contributed by atoms with Crippen molar-refractivity contribution in [2.24, 2.45) is 11.8 Å². The first kappa shape index (κ1) is 17.2. The second-order valence-corrected chi connectivity index (χ2v) is 7.01. The van der Waals surface area contributed by atoms with Gasteiger partial charge < -0.3 is 0 Å². The van der Waals surface area contributed by atoms with Gasteiger partial charge in [-0.3, -0.25) is 0 Å². The lowest BCUT2D eigenvalue weighted by atomic mass is 9.78. The first-order valence-electron chi connectivity index (χ1n) is 6.92. The van der Waals surface area contributed by atoms with Gasteiger partial charge in [0.2, 0.25) is 0 Å². The molecule has 1 aliphatic carbocycles. The summed E-state index contributed by atoms with van der Waals surface area (Å²) in [4.78, 5) is 0. The number of benzene rings is 1. The Morgan fingerprint density at radius 3 is 2.48 bits per heavy atom. The van der Waals surface area contributed by atoms with Crippen LogP contribution in [0.15, 0.2) is 18.2 Å². The normalized spacial score (nSPS) is 24.9. The largest absolute Gasteiger partial charge is 0.391 e. The Balaban J connectivity index is 1.99. The molecule has 3 atom stereocenters. The maximum Gasteiger partial charge on any atom is 0.391 e. The maximum absolute atomic E-state index is 12.8. The van der Waals surface area contributed by atoms with Crippen LogP contribution in [0.1, 0.15) is 31.2 Å². The van der Waals surface area contributed by atoms with E-state index in [1.54, 1.807) is 12.1 Å². The van der Waals surface area contributed by atoms with Crippen molar-refractivity contribution in [2.75, 3.05) is 0 Å².